The molecule has 0 unspecified atom stereocenters. The van der Waals surface area contributed by atoms with Gasteiger partial charge in [0.25, 0.3) is 0 Å². The highest BCUT2D eigenvalue weighted by molar-refractivity contribution is 5.89. The molecule has 0 aliphatic carbocycles. The first kappa shape index (κ1) is 14.3. The molecule has 4 nitrogen and oxygen atoms in total. The van der Waals surface area contributed by atoms with Crippen LogP contribution in [0, 0.1) is 12.7 Å². The summed E-state index contributed by atoms with van der Waals surface area (Å²) in [5.41, 5.74) is 14.2. The molecule has 22 heavy (non-hydrogen) atoms. The van der Waals surface area contributed by atoms with Crippen LogP contribution in [0.1, 0.15) is 11.1 Å². The molecule has 0 saturated heterocycles. The van der Waals surface area contributed by atoms with Gasteiger partial charge in [0.1, 0.15) is 17.4 Å². The predicted molar refractivity (Wildman–Crippen MR) is 85.8 cm³/mol. The van der Waals surface area contributed by atoms with E-state index in [2.05, 4.69) is 4.98 Å². The standard InChI is InChI=1S/C17H16FN3O/c1-9-4-17(20)21-15-7-13(14(18)6-12(9)15)11-3-2-10(8-19)5-16(11)22/h2-7,22H,8,19H2,1H3,(H2,20,21). The van der Waals surface area contributed by atoms with Crippen LogP contribution in [0.15, 0.2) is 36.4 Å². The summed E-state index contributed by atoms with van der Waals surface area (Å²) >= 11 is 0. The van der Waals surface area contributed by atoms with Gasteiger partial charge in [0.2, 0.25) is 0 Å². The van der Waals surface area contributed by atoms with Crippen molar-refractivity contribution in [1.82, 2.24) is 4.98 Å². The number of hydrogen-bond acceptors (Lipinski definition) is 4. The molecular weight excluding hydrogens is 281 g/mol. The predicted octanol–water partition coefficient (Wildman–Crippen LogP) is 3.10. The minimum absolute atomic E-state index is 0.0122. The van der Waals surface area contributed by atoms with Crippen LogP contribution < -0.4 is 11.5 Å². The van der Waals surface area contributed by atoms with Crippen molar-refractivity contribution in [1.29, 1.82) is 0 Å². The third kappa shape index (κ3) is 2.35. The lowest BCUT2D eigenvalue weighted by atomic mass is 9.99. The van der Waals surface area contributed by atoms with E-state index < -0.39 is 5.82 Å². The number of phenolic OH excluding ortho intramolecular Hbond substituents is 1. The van der Waals surface area contributed by atoms with Crippen LogP contribution in [0.2, 0.25) is 0 Å². The lowest BCUT2D eigenvalue weighted by Gasteiger charge is -2.10. The van der Waals surface area contributed by atoms with Crippen molar-refractivity contribution in [2.24, 2.45) is 5.73 Å². The number of aromatic hydroxyl groups is 1. The molecule has 5 N–H and O–H groups in total. The van der Waals surface area contributed by atoms with Crippen LogP contribution in [0.4, 0.5) is 10.2 Å². The van der Waals surface area contributed by atoms with E-state index in [1.165, 1.54) is 12.1 Å². The summed E-state index contributed by atoms with van der Waals surface area (Å²) in [6.07, 6.45) is 0. The molecule has 112 valence electrons. The summed E-state index contributed by atoms with van der Waals surface area (Å²) in [5.74, 6) is -0.0509. The Bertz CT molecular complexity index is 877. The van der Waals surface area contributed by atoms with Gasteiger partial charge in [0, 0.05) is 23.1 Å². The first-order valence-corrected chi connectivity index (χ1v) is 6.88. The molecule has 0 fully saturated rings. The maximum absolute atomic E-state index is 14.5. The summed E-state index contributed by atoms with van der Waals surface area (Å²) in [6.45, 7) is 2.17. The fraction of sp³-hybridized carbons (Fsp3) is 0.118. The molecule has 3 rings (SSSR count). The number of aromatic nitrogens is 1. The Morgan fingerprint density at radius 2 is 1.91 bits per heavy atom. The Kier molecular flexibility index (Phi) is 3.42. The second-order valence-electron chi connectivity index (χ2n) is 5.27. The number of anilines is 1. The van der Waals surface area contributed by atoms with Gasteiger partial charge in [-0.2, -0.15) is 0 Å². The van der Waals surface area contributed by atoms with Gasteiger partial charge in [-0.3, -0.25) is 0 Å². The van der Waals surface area contributed by atoms with E-state index in [1.807, 2.05) is 6.92 Å². The van der Waals surface area contributed by atoms with Crippen molar-refractivity contribution in [2.75, 3.05) is 5.73 Å². The second-order valence-corrected chi connectivity index (χ2v) is 5.27. The summed E-state index contributed by atoms with van der Waals surface area (Å²) in [5, 5.41) is 10.8. The largest absolute Gasteiger partial charge is 0.507 e. The van der Waals surface area contributed by atoms with E-state index in [9.17, 15) is 9.50 Å². The average molecular weight is 297 g/mol. The Morgan fingerprint density at radius 3 is 2.59 bits per heavy atom. The summed E-state index contributed by atoms with van der Waals surface area (Å²) < 4.78 is 14.5. The Balaban J connectivity index is 2.25. The van der Waals surface area contributed by atoms with E-state index in [1.54, 1.807) is 24.3 Å². The van der Waals surface area contributed by atoms with E-state index in [4.69, 9.17) is 11.5 Å². The summed E-state index contributed by atoms with van der Waals surface area (Å²) in [6, 6.07) is 9.68. The maximum Gasteiger partial charge on any atom is 0.131 e. The highest BCUT2D eigenvalue weighted by atomic mass is 19.1. The SMILES string of the molecule is Cc1cc(N)nc2cc(-c3ccc(CN)cc3O)c(F)cc12. The average Bonchev–Trinajstić information content (AvgIpc) is 2.47. The Hall–Kier alpha value is -2.66. The van der Waals surface area contributed by atoms with Gasteiger partial charge >= 0.3 is 0 Å². The minimum atomic E-state index is -0.419. The van der Waals surface area contributed by atoms with Gasteiger partial charge in [-0.25, -0.2) is 9.37 Å². The second kappa shape index (κ2) is 5.27. The molecule has 0 spiro atoms. The van der Waals surface area contributed by atoms with E-state index in [0.717, 1.165) is 11.1 Å². The number of hydrogen-bond donors (Lipinski definition) is 3. The highest BCUT2D eigenvalue weighted by Crippen LogP contribution is 2.34. The third-order valence-electron chi connectivity index (χ3n) is 3.71. The zero-order chi connectivity index (χ0) is 15.9. The van der Waals surface area contributed by atoms with Gasteiger partial charge < -0.3 is 16.6 Å². The lowest BCUT2D eigenvalue weighted by molar-refractivity contribution is 0.476. The molecule has 0 bridgehead atoms. The molecule has 0 amide bonds. The van der Waals surface area contributed by atoms with Crippen molar-refractivity contribution >= 4 is 16.7 Å². The van der Waals surface area contributed by atoms with Crippen molar-refractivity contribution in [2.45, 2.75) is 13.5 Å². The molecule has 3 aromatic rings. The number of nitrogens with two attached hydrogens (primary N) is 2. The minimum Gasteiger partial charge on any atom is -0.507 e. The monoisotopic (exact) mass is 297 g/mol. The summed E-state index contributed by atoms with van der Waals surface area (Å²) in [4.78, 5) is 4.24. The molecule has 0 radical (unpaired) electrons. The van der Waals surface area contributed by atoms with Crippen molar-refractivity contribution in [3.63, 3.8) is 0 Å². The molecule has 0 aliphatic rings. The number of nitrogen functional groups attached to an aromatic ring is 1. The lowest BCUT2D eigenvalue weighted by Crippen LogP contribution is -1.97. The number of nitrogens with zero attached hydrogens (tertiary/aromatic N) is 1. The van der Waals surface area contributed by atoms with Crippen LogP contribution in [0.3, 0.4) is 0 Å². The van der Waals surface area contributed by atoms with Gasteiger partial charge in [-0.1, -0.05) is 12.1 Å². The number of aryl methyl sites for hydroxylation is 1. The smallest absolute Gasteiger partial charge is 0.131 e. The van der Waals surface area contributed by atoms with Crippen molar-refractivity contribution in [3.05, 3.63) is 53.3 Å². The van der Waals surface area contributed by atoms with E-state index in [-0.39, 0.29) is 11.3 Å². The van der Waals surface area contributed by atoms with E-state index >= 15 is 0 Å². The topological polar surface area (TPSA) is 85.2 Å². The van der Waals surface area contributed by atoms with Crippen molar-refractivity contribution < 1.29 is 9.50 Å². The van der Waals surface area contributed by atoms with Crippen LogP contribution in [-0.2, 0) is 6.54 Å². The summed E-state index contributed by atoms with van der Waals surface area (Å²) in [7, 11) is 0. The number of benzene rings is 2. The van der Waals surface area contributed by atoms with E-state index in [0.29, 0.717) is 28.8 Å². The van der Waals surface area contributed by atoms with Crippen LogP contribution in [0.25, 0.3) is 22.0 Å². The molecule has 2 aromatic carbocycles. The van der Waals surface area contributed by atoms with Gasteiger partial charge in [-0.15, -0.1) is 0 Å². The molecule has 0 aliphatic heterocycles. The Labute approximate surface area is 127 Å². The van der Waals surface area contributed by atoms with Gasteiger partial charge in [0.15, 0.2) is 0 Å². The zero-order valence-electron chi connectivity index (χ0n) is 12.1. The van der Waals surface area contributed by atoms with Crippen LogP contribution in [-0.4, -0.2) is 10.1 Å². The van der Waals surface area contributed by atoms with Crippen LogP contribution >= 0.6 is 0 Å². The highest BCUT2D eigenvalue weighted by Gasteiger charge is 2.13. The number of fused-ring (bicyclic) bond motifs is 1. The first-order chi connectivity index (χ1) is 10.5. The molecule has 1 heterocycles. The molecule has 0 atom stereocenters. The number of halogens is 1. The maximum atomic E-state index is 14.5. The van der Waals surface area contributed by atoms with Crippen molar-refractivity contribution in [3.8, 4) is 16.9 Å². The third-order valence-corrected chi connectivity index (χ3v) is 3.71. The normalized spacial score (nSPS) is 11.0. The van der Waals surface area contributed by atoms with Crippen LogP contribution in [0.5, 0.6) is 5.75 Å². The molecular formula is C17H16FN3O. The zero-order valence-corrected chi connectivity index (χ0v) is 12.1. The first-order valence-electron chi connectivity index (χ1n) is 6.88. The molecule has 5 heteroatoms. The number of rotatable bonds is 2. The Morgan fingerprint density at radius 1 is 1.14 bits per heavy atom. The molecule has 0 saturated carbocycles. The molecule has 1 aromatic heterocycles. The fourth-order valence-electron chi connectivity index (χ4n) is 2.58. The number of pyridine rings is 1. The fourth-order valence-corrected chi connectivity index (χ4v) is 2.58. The van der Waals surface area contributed by atoms with Gasteiger partial charge in [-0.05, 0) is 42.3 Å². The number of phenols is 1. The van der Waals surface area contributed by atoms with Gasteiger partial charge in [0.05, 0.1) is 5.52 Å². The quantitative estimate of drug-likeness (QED) is 0.678.